The molecule has 1 atom stereocenters. The van der Waals surface area contributed by atoms with Crippen molar-refractivity contribution in [2.75, 3.05) is 7.11 Å². The lowest BCUT2D eigenvalue weighted by Gasteiger charge is -2.30. The zero-order valence-corrected chi connectivity index (χ0v) is 13.8. The number of benzene rings is 2. The third kappa shape index (κ3) is 3.02. The van der Waals surface area contributed by atoms with Gasteiger partial charge in [0.1, 0.15) is 5.75 Å². The summed E-state index contributed by atoms with van der Waals surface area (Å²) in [6, 6.07) is 15.6. The number of hydrogen-bond donors (Lipinski definition) is 1. The average molecular weight is 334 g/mol. The third-order valence-corrected chi connectivity index (χ3v) is 4.33. The van der Waals surface area contributed by atoms with Gasteiger partial charge < -0.3 is 14.3 Å². The Morgan fingerprint density at radius 2 is 2.08 bits per heavy atom. The van der Waals surface area contributed by atoms with Gasteiger partial charge in [0.05, 0.1) is 32.4 Å². The highest BCUT2D eigenvalue weighted by Gasteiger charge is 2.23. The van der Waals surface area contributed by atoms with Crippen molar-refractivity contribution in [1.29, 1.82) is 0 Å². The van der Waals surface area contributed by atoms with Crippen LogP contribution in [0.15, 0.2) is 70.6 Å². The standard InChI is InChI=1S/C20H18N2O3/c1-24-18-4-2-3-14(9-18)12-22-20(23)19-10-15(17-7-8-25-13-17)5-6-16(19)11-21-22/h2-11,13,20,23H,12H2,1H3. The van der Waals surface area contributed by atoms with Gasteiger partial charge in [-0.2, -0.15) is 5.10 Å². The molecule has 0 amide bonds. The third-order valence-electron chi connectivity index (χ3n) is 4.33. The van der Waals surface area contributed by atoms with Gasteiger partial charge in [0.15, 0.2) is 6.23 Å². The molecule has 1 unspecified atom stereocenters. The zero-order valence-electron chi connectivity index (χ0n) is 13.8. The van der Waals surface area contributed by atoms with Gasteiger partial charge in [-0.1, -0.05) is 24.3 Å². The van der Waals surface area contributed by atoms with Gasteiger partial charge in [-0.05, 0) is 35.4 Å². The van der Waals surface area contributed by atoms with Crippen LogP contribution in [0.4, 0.5) is 0 Å². The summed E-state index contributed by atoms with van der Waals surface area (Å²) in [7, 11) is 1.64. The van der Waals surface area contributed by atoms with E-state index in [2.05, 4.69) is 5.10 Å². The highest BCUT2D eigenvalue weighted by molar-refractivity contribution is 5.84. The average Bonchev–Trinajstić information content (AvgIpc) is 3.19. The quantitative estimate of drug-likeness (QED) is 0.788. The number of hydrogen-bond acceptors (Lipinski definition) is 5. The summed E-state index contributed by atoms with van der Waals surface area (Å²) < 4.78 is 10.4. The van der Waals surface area contributed by atoms with E-state index < -0.39 is 6.23 Å². The summed E-state index contributed by atoms with van der Waals surface area (Å²) in [6.45, 7) is 0.490. The first-order valence-electron chi connectivity index (χ1n) is 8.03. The van der Waals surface area contributed by atoms with Crippen LogP contribution in [0.2, 0.25) is 0 Å². The van der Waals surface area contributed by atoms with Crippen LogP contribution in [-0.2, 0) is 6.54 Å². The molecule has 1 aromatic heterocycles. The Kier molecular flexibility index (Phi) is 3.99. The van der Waals surface area contributed by atoms with Gasteiger partial charge in [0.2, 0.25) is 0 Å². The number of ether oxygens (including phenoxy) is 1. The van der Waals surface area contributed by atoms with E-state index >= 15 is 0 Å². The second-order valence-electron chi connectivity index (χ2n) is 5.92. The van der Waals surface area contributed by atoms with Crippen LogP contribution in [-0.4, -0.2) is 23.4 Å². The molecule has 5 nitrogen and oxygen atoms in total. The summed E-state index contributed by atoms with van der Waals surface area (Å²) in [4.78, 5) is 0. The van der Waals surface area contributed by atoms with Crippen LogP contribution < -0.4 is 4.74 Å². The highest BCUT2D eigenvalue weighted by Crippen LogP contribution is 2.31. The summed E-state index contributed by atoms with van der Waals surface area (Å²) in [5, 5.41) is 16.8. The van der Waals surface area contributed by atoms with Crippen molar-refractivity contribution >= 4 is 6.21 Å². The largest absolute Gasteiger partial charge is 0.497 e. The molecule has 0 aliphatic carbocycles. The lowest BCUT2D eigenvalue weighted by molar-refractivity contribution is -0.00500. The van der Waals surface area contributed by atoms with Crippen LogP contribution in [0.25, 0.3) is 11.1 Å². The van der Waals surface area contributed by atoms with Gasteiger partial charge in [-0.25, -0.2) is 0 Å². The summed E-state index contributed by atoms with van der Waals surface area (Å²) >= 11 is 0. The maximum absolute atomic E-state index is 10.8. The molecular formula is C20H18N2O3. The Balaban J connectivity index is 1.61. The monoisotopic (exact) mass is 334 g/mol. The van der Waals surface area contributed by atoms with Gasteiger partial charge in [0, 0.05) is 16.7 Å². The van der Waals surface area contributed by atoms with E-state index in [-0.39, 0.29) is 0 Å². The molecule has 1 aliphatic rings. The molecule has 25 heavy (non-hydrogen) atoms. The first-order valence-corrected chi connectivity index (χ1v) is 8.03. The number of nitrogens with zero attached hydrogens (tertiary/aromatic N) is 2. The summed E-state index contributed by atoms with van der Waals surface area (Å²) in [5.74, 6) is 0.788. The molecule has 0 spiro atoms. The highest BCUT2D eigenvalue weighted by atomic mass is 16.5. The fourth-order valence-corrected chi connectivity index (χ4v) is 2.97. The van der Waals surface area contributed by atoms with E-state index in [0.29, 0.717) is 6.54 Å². The molecule has 2 aromatic carbocycles. The van der Waals surface area contributed by atoms with E-state index in [1.54, 1.807) is 30.9 Å². The van der Waals surface area contributed by atoms with Crippen LogP contribution in [0.5, 0.6) is 5.75 Å². The number of hydrazone groups is 1. The Labute approximate surface area is 145 Å². The maximum Gasteiger partial charge on any atom is 0.169 e. The van der Waals surface area contributed by atoms with Crippen LogP contribution in [0, 0.1) is 0 Å². The van der Waals surface area contributed by atoms with Crippen molar-refractivity contribution in [3.63, 3.8) is 0 Å². The van der Waals surface area contributed by atoms with Crippen molar-refractivity contribution in [3.8, 4) is 16.9 Å². The lowest BCUT2D eigenvalue weighted by atomic mass is 9.99. The molecule has 5 heteroatoms. The van der Waals surface area contributed by atoms with Gasteiger partial charge >= 0.3 is 0 Å². The molecule has 1 aliphatic heterocycles. The zero-order chi connectivity index (χ0) is 17.2. The van der Waals surface area contributed by atoms with Crippen molar-refractivity contribution in [3.05, 3.63) is 77.7 Å². The smallest absolute Gasteiger partial charge is 0.169 e. The predicted octanol–water partition coefficient (Wildman–Crippen LogP) is 3.80. The minimum Gasteiger partial charge on any atom is -0.497 e. The Bertz CT molecular complexity index is 903. The fourth-order valence-electron chi connectivity index (χ4n) is 2.97. The Morgan fingerprint density at radius 3 is 2.88 bits per heavy atom. The number of rotatable bonds is 4. The van der Waals surface area contributed by atoms with Gasteiger partial charge in [0.25, 0.3) is 0 Å². The summed E-state index contributed by atoms with van der Waals surface area (Å²) in [5.41, 5.74) is 4.75. The van der Waals surface area contributed by atoms with Crippen LogP contribution in [0.1, 0.15) is 22.9 Å². The number of fused-ring (bicyclic) bond motifs is 1. The molecule has 0 saturated heterocycles. The molecule has 0 fully saturated rings. The molecular weight excluding hydrogens is 316 g/mol. The molecule has 0 saturated carbocycles. The number of aliphatic hydroxyl groups is 1. The fraction of sp³-hybridized carbons (Fsp3) is 0.150. The first-order chi connectivity index (χ1) is 12.2. The predicted molar refractivity (Wildman–Crippen MR) is 95.2 cm³/mol. The van der Waals surface area contributed by atoms with E-state index in [9.17, 15) is 5.11 Å². The van der Waals surface area contributed by atoms with E-state index in [1.807, 2.05) is 48.5 Å². The summed E-state index contributed by atoms with van der Waals surface area (Å²) in [6.07, 6.45) is 4.31. The molecule has 3 aromatic rings. The van der Waals surface area contributed by atoms with Crippen molar-refractivity contribution in [1.82, 2.24) is 5.01 Å². The lowest BCUT2D eigenvalue weighted by Crippen LogP contribution is -2.27. The molecule has 2 heterocycles. The number of furan rings is 1. The number of methoxy groups -OCH3 is 1. The number of aliphatic hydroxyl groups excluding tert-OH is 1. The first kappa shape index (κ1) is 15.5. The molecule has 126 valence electrons. The SMILES string of the molecule is COc1cccc(CN2N=Cc3ccc(-c4ccoc4)cc3C2O)c1. The van der Waals surface area contributed by atoms with Crippen LogP contribution >= 0.6 is 0 Å². The van der Waals surface area contributed by atoms with Crippen molar-refractivity contribution < 1.29 is 14.3 Å². The van der Waals surface area contributed by atoms with E-state index in [0.717, 1.165) is 33.6 Å². The van der Waals surface area contributed by atoms with Gasteiger partial charge in [-0.3, -0.25) is 5.01 Å². The van der Waals surface area contributed by atoms with E-state index in [1.165, 1.54) is 0 Å². The second kappa shape index (κ2) is 6.45. The minimum atomic E-state index is -0.807. The molecule has 1 N–H and O–H groups in total. The molecule has 0 bridgehead atoms. The molecule has 0 radical (unpaired) electrons. The van der Waals surface area contributed by atoms with E-state index in [4.69, 9.17) is 9.15 Å². The van der Waals surface area contributed by atoms with Crippen LogP contribution in [0.3, 0.4) is 0 Å². The second-order valence-corrected chi connectivity index (χ2v) is 5.92. The Morgan fingerprint density at radius 1 is 1.16 bits per heavy atom. The maximum atomic E-state index is 10.8. The minimum absolute atomic E-state index is 0.490. The van der Waals surface area contributed by atoms with Crippen molar-refractivity contribution in [2.45, 2.75) is 12.8 Å². The Hall–Kier alpha value is -3.05. The topological polar surface area (TPSA) is 58.2 Å². The van der Waals surface area contributed by atoms with Gasteiger partial charge in [-0.15, -0.1) is 0 Å². The normalized spacial score (nSPS) is 15.9. The molecule has 4 rings (SSSR count). The van der Waals surface area contributed by atoms with Crippen molar-refractivity contribution in [2.24, 2.45) is 5.10 Å².